The third-order valence-electron chi connectivity index (χ3n) is 6.92. The Kier molecular flexibility index (Phi) is 6.37. The number of nitrogens with zero attached hydrogens (tertiary/aromatic N) is 8. The summed E-state index contributed by atoms with van der Waals surface area (Å²) in [6.07, 6.45) is 4.72. The second-order valence-electron chi connectivity index (χ2n) is 9.97. The van der Waals surface area contributed by atoms with Crippen LogP contribution in [0, 0.1) is 6.92 Å². The van der Waals surface area contributed by atoms with Crippen molar-refractivity contribution in [2.24, 2.45) is 0 Å². The van der Waals surface area contributed by atoms with Gasteiger partial charge in [0.05, 0.1) is 36.3 Å². The lowest BCUT2D eigenvalue weighted by molar-refractivity contribution is -0.117. The SMILES string of the molecule is C=CC(=O)NC1CN(c2nc(Nc3cn(C4CCN(C)C4)nc3C)c3ncn(C(C)C)c3n2)CC1F. The van der Waals surface area contributed by atoms with Crippen LogP contribution in [0.25, 0.3) is 11.2 Å². The molecule has 5 heterocycles. The van der Waals surface area contributed by atoms with E-state index in [2.05, 4.69) is 48.0 Å². The fourth-order valence-electron chi connectivity index (χ4n) is 4.86. The van der Waals surface area contributed by atoms with E-state index in [1.807, 2.05) is 22.4 Å². The summed E-state index contributed by atoms with van der Waals surface area (Å²) in [5, 5.41) is 10.8. The number of alkyl halides is 1. The van der Waals surface area contributed by atoms with Crippen LogP contribution in [0.1, 0.15) is 38.0 Å². The van der Waals surface area contributed by atoms with Crippen molar-refractivity contribution in [3.63, 3.8) is 0 Å². The molecular formula is C24H33FN10O. The van der Waals surface area contributed by atoms with Gasteiger partial charge in [-0.05, 0) is 46.9 Å². The minimum absolute atomic E-state index is 0.0784. The maximum Gasteiger partial charge on any atom is 0.243 e. The summed E-state index contributed by atoms with van der Waals surface area (Å²) >= 11 is 0. The number of likely N-dealkylation sites (N-methyl/N-ethyl adjacent to an activating group) is 1. The van der Waals surface area contributed by atoms with Crippen LogP contribution in [0.2, 0.25) is 0 Å². The number of aromatic nitrogens is 6. The van der Waals surface area contributed by atoms with E-state index in [1.165, 1.54) is 0 Å². The van der Waals surface area contributed by atoms with E-state index in [0.29, 0.717) is 29.0 Å². The van der Waals surface area contributed by atoms with Gasteiger partial charge in [0.15, 0.2) is 17.0 Å². The minimum Gasteiger partial charge on any atom is -0.345 e. The average molecular weight is 497 g/mol. The first-order valence-electron chi connectivity index (χ1n) is 12.3. The summed E-state index contributed by atoms with van der Waals surface area (Å²) in [7, 11) is 2.12. The summed E-state index contributed by atoms with van der Waals surface area (Å²) in [5.41, 5.74) is 3.00. The molecule has 192 valence electrons. The van der Waals surface area contributed by atoms with Crippen LogP contribution >= 0.6 is 0 Å². The van der Waals surface area contributed by atoms with Gasteiger partial charge in [-0.3, -0.25) is 9.48 Å². The first kappa shape index (κ1) is 24.2. The second-order valence-corrected chi connectivity index (χ2v) is 9.97. The van der Waals surface area contributed by atoms with Crippen LogP contribution in [0.15, 0.2) is 25.2 Å². The third-order valence-corrected chi connectivity index (χ3v) is 6.92. The van der Waals surface area contributed by atoms with Gasteiger partial charge in [0, 0.05) is 25.3 Å². The molecule has 5 rings (SSSR count). The van der Waals surface area contributed by atoms with Crippen molar-refractivity contribution in [1.82, 2.24) is 39.5 Å². The molecule has 0 aliphatic carbocycles. The van der Waals surface area contributed by atoms with Crippen LogP contribution in [-0.2, 0) is 4.79 Å². The first-order valence-corrected chi connectivity index (χ1v) is 12.3. The van der Waals surface area contributed by atoms with Crippen molar-refractivity contribution in [3.8, 4) is 0 Å². The Bertz CT molecular complexity index is 1280. The number of nitrogens with one attached hydrogen (secondary N) is 2. The van der Waals surface area contributed by atoms with Crippen LogP contribution in [0.5, 0.6) is 0 Å². The number of rotatable bonds is 7. The van der Waals surface area contributed by atoms with E-state index >= 15 is 0 Å². The van der Waals surface area contributed by atoms with Gasteiger partial charge < -0.3 is 25.0 Å². The van der Waals surface area contributed by atoms with Gasteiger partial charge in [-0.1, -0.05) is 6.58 Å². The van der Waals surface area contributed by atoms with E-state index < -0.39 is 18.1 Å². The molecule has 2 N–H and O–H groups in total. The molecule has 2 fully saturated rings. The fourth-order valence-corrected chi connectivity index (χ4v) is 4.86. The van der Waals surface area contributed by atoms with Gasteiger partial charge in [-0.15, -0.1) is 0 Å². The number of carbonyl (C=O) groups is 1. The molecule has 36 heavy (non-hydrogen) atoms. The molecule has 11 nitrogen and oxygen atoms in total. The van der Waals surface area contributed by atoms with Gasteiger partial charge in [0.2, 0.25) is 11.9 Å². The zero-order chi connectivity index (χ0) is 25.6. The highest BCUT2D eigenvalue weighted by Crippen LogP contribution is 2.31. The van der Waals surface area contributed by atoms with Gasteiger partial charge in [-0.2, -0.15) is 15.1 Å². The number of imidazole rings is 1. The van der Waals surface area contributed by atoms with Gasteiger partial charge in [0.25, 0.3) is 0 Å². The number of amides is 1. The number of halogens is 1. The van der Waals surface area contributed by atoms with Crippen LogP contribution in [-0.4, -0.2) is 85.5 Å². The fraction of sp³-hybridized carbons (Fsp3) is 0.542. The molecule has 3 aromatic rings. The highest BCUT2D eigenvalue weighted by atomic mass is 19.1. The topological polar surface area (TPSA) is 109 Å². The summed E-state index contributed by atoms with van der Waals surface area (Å²) < 4.78 is 18.8. The van der Waals surface area contributed by atoms with E-state index in [9.17, 15) is 9.18 Å². The van der Waals surface area contributed by atoms with E-state index in [1.54, 1.807) is 11.2 Å². The zero-order valence-electron chi connectivity index (χ0n) is 21.1. The Morgan fingerprint density at radius 3 is 2.78 bits per heavy atom. The Morgan fingerprint density at radius 1 is 1.28 bits per heavy atom. The van der Waals surface area contributed by atoms with Crippen LogP contribution in [0.3, 0.4) is 0 Å². The Morgan fingerprint density at radius 2 is 2.08 bits per heavy atom. The molecule has 2 aliphatic heterocycles. The van der Waals surface area contributed by atoms with Crippen molar-refractivity contribution in [2.45, 2.75) is 51.5 Å². The molecule has 0 aromatic carbocycles. The van der Waals surface area contributed by atoms with Gasteiger partial charge >= 0.3 is 0 Å². The average Bonchev–Trinajstić information content (AvgIpc) is 3.61. The predicted octanol–water partition coefficient (Wildman–Crippen LogP) is 2.36. The molecule has 0 saturated carbocycles. The molecule has 3 unspecified atom stereocenters. The molecule has 1 amide bonds. The Balaban J connectivity index is 1.48. The number of hydrogen-bond donors (Lipinski definition) is 2. The van der Waals surface area contributed by atoms with Crippen molar-refractivity contribution in [2.75, 3.05) is 43.4 Å². The van der Waals surface area contributed by atoms with Gasteiger partial charge in [0.1, 0.15) is 6.17 Å². The second kappa shape index (κ2) is 9.49. The summed E-state index contributed by atoms with van der Waals surface area (Å²) in [5.74, 6) is 0.518. The number of anilines is 3. The summed E-state index contributed by atoms with van der Waals surface area (Å²) in [6, 6.07) is -0.202. The smallest absolute Gasteiger partial charge is 0.243 e. The molecule has 2 saturated heterocycles. The Labute approximate surface area is 209 Å². The van der Waals surface area contributed by atoms with Crippen molar-refractivity contribution < 1.29 is 9.18 Å². The number of hydrogen-bond acceptors (Lipinski definition) is 8. The van der Waals surface area contributed by atoms with Crippen LogP contribution in [0.4, 0.5) is 21.8 Å². The van der Waals surface area contributed by atoms with Gasteiger partial charge in [-0.25, -0.2) is 9.37 Å². The quantitative estimate of drug-likeness (QED) is 0.480. The number of carbonyl (C=O) groups excluding carboxylic acids is 1. The lowest BCUT2D eigenvalue weighted by atomic mass is 10.2. The number of likely N-dealkylation sites (tertiary alicyclic amines) is 1. The summed E-state index contributed by atoms with van der Waals surface area (Å²) in [4.78, 5) is 29.9. The van der Waals surface area contributed by atoms with E-state index in [0.717, 1.165) is 37.0 Å². The maximum atomic E-state index is 14.8. The summed E-state index contributed by atoms with van der Waals surface area (Å²) in [6.45, 7) is 11.9. The predicted molar refractivity (Wildman–Crippen MR) is 136 cm³/mol. The maximum absolute atomic E-state index is 14.8. The lowest BCUT2D eigenvalue weighted by Gasteiger charge is -2.18. The van der Waals surface area contributed by atoms with E-state index in [4.69, 9.17) is 15.1 Å². The zero-order valence-corrected chi connectivity index (χ0v) is 21.1. The van der Waals surface area contributed by atoms with E-state index in [-0.39, 0.29) is 19.1 Å². The monoisotopic (exact) mass is 496 g/mol. The van der Waals surface area contributed by atoms with Crippen LogP contribution < -0.4 is 15.5 Å². The highest BCUT2D eigenvalue weighted by Gasteiger charge is 2.35. The molecular weight excluding hydrogens is 463 g/mol. The minimum atomic E-state index is -1.25. The molecule has 2 aliphatic rings. The van der Waals surface area contributed by atoms with Crippen molar-refractivity contribution in [1.29, 1.82) is 0 Å². The molecule has 0 spiro atoms. The molecule has 0 bridgehead atoms. The number of fused-ring (bicyclic) bond motifs is 1. The standard InChI is InChI=1S/C24H33FN10O/c1-6-20(36)27-19-11-33(10-17(19)25)24-29-22(21-23(30-24)34(13-26-21)14(2)3)28-18-12-35(31-15(18)4)16-7-8-32(5)9-16/h6,12-14,16-17,19H,1,7-11H2,2-5H3,(H,27,36)(H,28,29,30). The first-order chi connectivity index (χ1) is 17.2. The normalized spacial score (nSPS) is 22.6. The molecule has 12 heteroatoms. The largest absolute Gasteiger partial charge is 0.345 e. The Hall–Kier alpha value is -3.54. The highest BCUT2D eigenvalue weighted by molar-refractivity contribution is 5.88. The van der Waals surface area contributed by atoms with Crippen molar-refractivity contribution in [3.05, 3.63) is 30.9 Å². The molecule has 0 radical (unpaired) electrons. The number of aryl methyl sites for hydroxylation is 1. The molecule has 3 atom stereocenters. The molecule has 3 aromatic heterocycles. The lowest BCUT2D eigenvalue weighted by Crippen LogP contribution is -2.40. The van der Waals surface area contributed by atoms with Crippen molar-refractivity contribution >= 4 is 34.5 Å². The third kappa shape index (κ3) is 4.52.